The van der Waals surface area contributed by atoms with Crippen molar-refractivity contribution in [2.45, 2.75) is 20.3 Å². The molecule has 0 aliphatic heterocycles. The molecule has 0 fully saturated rings. The normalized spacial score (nSPS) is 10.8. The molecular weight excluding hydrogens is 322 g/mol. The number of rotatable bonds is 3. The summed E-state index contributed by atoms with van der Waals surface area (Å²) in [6.45, 7) is 3.62. The number of nitrogens with one attached hydrogen (secondary N) is 1. The van der Waals surface area contributed by atoms with Crippen LogP contribution in [-0.2, 0) is 11.2 Å². The van der Waals surface area contributed by atoms with Crippen molar-refractivity contribution in [3.8, 4) is 11.5 Å². The monoisotopic (exact) mass is 339 g/mol. The molecule has 0 bridgehead atoms. The Morgan fingerprint density at radius 2 is 1.76 bits per heavy atom. The second kappa shape index (κ2) is 6.32. The average molecular weight is 339 g/mol. The molecule has 6 nitrogen and oxygen atoms in total. The van der Waals surface area contributed by atoms with Crippen molar-refractivity contribution in [2.24, 2.45) is 0 Å². The fraction of sp³-hybridized carbons (Fsp3) is 0.158. The first-order valence-electron chi connectivity index (χ1n) is 7.70. The molecule has 3 aromatic rings. The van der Waals surface area contributed by atoms with Crippen LogP contribution in [0.15, 0.2) is 45.6 Å². The van der Waals surface area contributed by atoms with Gasteiger partial charge in [-0.1, -0.05) is 17.7 Å². The van der Waals surface area contributed by atoms with E-state index in [9.17, 15) is 19.8 Å². The van der Waals surface area contributed by atoms with Gasteiger partial charge in [0.05, 0.1) is 12.0 Å². The van der Waals surface area contributed by atoms with Crippen molar-refractivity contribution < 1.29 is 19.4 Å². The van der Waals surface area contributed by atoms with Crippen molar-refractivity contribution in [3.63, 3.8) is 0 Å². The number of hydrogen-bond acceptors (Lipinski definition) is 5. The lowest BCUT2D eigenvalue weighted by Gasteiger charge is -2.10. The SMILES string of the molecule is Cc1ccc(NC(=O)Cc2c(C)c3ccc(O)c(O)c3oc2=O)cc1. The molecule has 3 N–H and O–H groups in total. The highest BCUT2D eigenvalue weighted by molar-refractivity contribution is 5.94. The number of amides is 1. The third kappa shape index (κ3) is 3.19. The van der Waals surface area contributed by atoms with E-state index in [1.165, 1.54) is 12.1 Å². The molecule has 0 radical (unpaired) electrons. The van der Waals surface area contributed by atoms with E-state index in [2.05, 4.69) is 5.32 Å². The van der Waals surface area contributed by atoms with Gasteiger partial charge in [0.2, 0.25) is 11.7 Å². The maximum absolute atomic E-state index is 12.2. The predicted octanol–water partition coefficient (Wildman–Crippen LogP) is 3.00. The largest absolute Gasteiger partial charge is 0.504 e. The summed E-state index contributed by atoms with van der Waals surface area (Å²) in [5, 5.41) is 22.6. The average Bonchev–Trinajstić information content (AvgIpc) is 2.57. The van der Waals surface area contributed by atoms with Crippen LogP contribution in [-0.4, -0.2) is 16.1 Å². The second-order valence-corrected chi connectivity index (χ2v) is 5.89. The Hall–Kier alpha value is -3.28. The van der Waals surface area contributed by atoms with Gasteiger partial charge in [-0.05, 0) is 43.7 Å². The van der Waals surface area contributed by atoms with Crippen LogP contribution in [0.3, 0.4) is 0 Å². The van der Waals surface area contributed by atoms with Gasteiger partial charge >= 0.3 is 5.63 Å². The Morgan fingerprint density at radius 1 is 1.08 bits per heavy atom. The van der Waals surface area contributed by atoms with Gasteiger partial charge in [0.1, 0.15) is 0 Å². The van der Waals surface area contributed by atoms with E-state index in [0.29, 0.717) is 16.6 Å². The Balaban J connectivity index is 1.93. The lowest BCUT2D eigenvalue weighted by molar-refractivity contribution is -0.115. The number of benzene rings is 2. The summed E-state index contributed by atoms with van der Waals surface area (Å²) in [5.41, 5.74) is 1.64. The maximum Gasteiger partial charge on any atom is 0.340 e. The van der Waals surface area contributed by atoms with Crippen molar-refractivity contribution >= 4 is 22.6 Å². The van der Waals surface area contributed by atoms with Gasteiger partial charge in [-0.2, -0.15) is 0 Å². The molecule has 1 aromatic heterocycles. The number of aryl methyl sites for hydroxylation is 2. The summed E-state index contributed by atoms with van der Waals surface area (Å²) in [7, 11) is 0. The zero-order valence-electron chi connectivity index (χ0n) is 13.8. The highest BCUT2D eigenvalue weighted by Gasteiger charge is 2.18. The Morgan fingerprint density at radius 3 is 2.44 bits per heavy atom. The minimum atomic E-state index is -0.718. The zero-order valence-corrected chi connectivity index (χ0v) is 13.8. The number of hydrogen-bond donors (Lipinski definition) is 3. The van der Waals surface area contributed by atoms with Crippen LogP contribution >= 0.6 is 0 Å². The number of carbonyl (C=O) groups excluding carboxylic acids is 1. The number of fused-ring (bicyclic) bond motifs is 1. The molecular formula is C19H17NO5. The van der Waals surface area contributed by atoms with Crippen LogP contribution in [0.4, 0.5) is 5.69 Å². The van der Waals surface area contributed by atoms with Crippen LogP contribution in [0.2, 0.25) is 0 Å². The van der Waals surface area contributed by atoms with Gasteiger partial charge in [-0.3, -0.25) is 4.79 Å². The molecule has 0 spiro atoms. The molecule has 2 aromatic carbocycles. The van der Waals surface area contributed by atoms with Crippen molar-refractivity contribution in [3.05, 3.63) is 63.5 Å². The van der Waals surface area contributed by atoms with E-state index in [1.54, 1.807) is 19.1 Å². The molecule has 0 saturated heterocycles. The van der Waals surface area contributed by atoms with E-state index in [-0.39, 0.29) is 29.2 Å². The number of carbonyl (C=O) groups is 1. The Kier molecular flexibility index (Phi) is 4.19. The second-order valence-electron chi connectivity index (χ2n) is 5.89. The third-order valence-electron chi connectivity index (χ3n) is 4.08. The van der Waals surface area contributed by atoms with Crippen LogP contribution in [0.5, 0.6) is 11.5 Å². The quantitative estimate of drug-likeness (QED) is 0.503. The summed E-state index contributed by atoms with van der Waals surface area (Å²) in [6.07, 6.45) is -0.153. The molecule has 128 valence electrons. The molecule has 0 saturated carbocycles. The van der Waals surface area contributed by atoms with Crippen molar-refractivity contribution in [1.82, 2.24) is 0 Å². The molecule has 25 heavy (non-hydrogen) atoms. The lowest BCUT2D eigenvalue weighted by atomic mass is 10.0. The minimum Gasteiger partial charge on any atom is -0.504 e. The first-order valence-corrected chi connectivity index (χ1v) is 7.70. The number of phenolic OH excluding ortho intramolecular Hbond substituents is 2. The fourth-order valence-corrected chi connectivity index (χ4v) is 2.64. The van der Waals surface area contributed by atoms with Crippen molar-refractivity contribution in [1.29, 1.82) is 0 Å². The van der Waals surface area contributed by atoms with Gasteiger partial charge in [-0.25, -0.2) is 4.79 Å². The standard InChI is InChI=1S/C19H17NO5/c1-10-3-5-12(6-4-10)20-16(22)9-14-11(2)13-7-8-15(21)17(23)18(13)25-19(14)24/h3-8,21,23H,9H2,1-2H3,(H,20,22). The highest BCUT2D eigenvalue weighted by Crippen LogP contribution is 2.34. The fourth-order valence-electron chi connectivity index (χ4n) is 2.64. The predicted molar refractivity (Wildman–Crippen MR) is 94.1 cm³/mol. The summed E-state index contributed by atoms with van der Waals surface area (Å²) in [4.78, 5) is 24.5. The number of phenols is 2. The van der Waals surface area contributed by atoms with Crippen LogP contribution in [0.25, 0.3) is 11.0 Å². The minimum absolute atomic E-state index is 0.0924. The number of aromatic hydroxyl groups is 2. The summed E-state index contributed by atoms with van der Waals surface area (Å²) >= 11 is 0. The molecule has 0 aliphatic rings. The van der Waals surface area contributed by atoms with Crippen molar-refractivity contribution in [2.75, 3.05) is 5.32 Å². The van der Waals surface area contributed by atoms with Gasteiger partial charge in [0.25, 0.3) is 0 Å². The van der Waals surface area contributed by atoms with Gasteiger partial charge in [0.15, 0.2) is 11.3 Å². The van der Waals surface area contributed by atoms with Gasteiger partial charge in [-0.15, -0.1) is 0 Å². The van der Waals surface area contributed by atoms with Crippen LogP contribution in [0, 0.1) is 13.8 Å². The highest BCUT2D eigenvalue weighted by atomic mass is 16.4. The van der Waals surface area contributed by atoms with E-state index in [1.807, 2.05) is 19.1 Å². The Labute approximate surface area is 143 Å². The molecule has 0 atom stereocenters. The summed E-state index contributed by atoms with van der Waals surface area (Å²) in [5.74, 6) is -1.21. The molecule has 3 rings (SSSR count). The van der Waals surface area contributed by atoms with Crippen LogP contribution < -0.4 is 10.9 Å². The summed E-state index contributed by atoms with van der Waals surface area (Å²) < 4.78 is 5.11. The molecule has 6 heteroatoms. The lowest BCUT2D eigenvalue weighted by Crippen LogP contribution is -2.20. The Bertz CT molecular complexity index is 1020. The van der Waals surface area contributed by atoms with Crippen LogP contribution in [0.1, 0.15) is 16.7 Å². The van der Waals surface area contributed by atoms with E-state index >= 15 is 0 Å². The number of anilines is 1. The van der Waals surface area contributed by atoms with E-state index in [0.717, 1.165) is 5.56 Å². The maximum atomic E-state index is 12.2. The first kappa shape index (κ1) is 16.6. The third-order valence-corrected chi connectivity index (χ3v) is 4.08. The van der Waals surface area contributed by atoms with E-state index in [4.69, 9.17) is 4.42 Å². The van der Waals surface area contributed by atoms with Gasteiger partial charge < -0.3 is 19.9 Å². The molecule has 1 heterocycles. The topological polar surface area (TPSA) is 99.8 Å². The molecule has 0 unspecified atom stereocenters. The summed E-state index contributed by atoms with van der Waals surface area (Å²) in [6, 6.07) is 10.2. The first-order chi connectivity index (χ1) is 11.9. The molecule has 1 amide bonds. The molecule has 0 aliphatic carbocycles. The van der Waals surface area contributed by atoms with E-state index < -0.39 is 11.4 Å². The zero-order chi connectivity index (χ0) is 18.1. The smallest absolute Gasteiger partial charge is 0.340 e. The van der Waals surface area contributed by atoms with Gasteiger partial charge in [0, 0.05) is 11.1 Å².